The van der Waals surface area contributed by atoms with E-state index in [1.807, 2.05) is 7.05 Å². The number of hydrogen-bond acceptors (Lipinski definition) is 3. The van der Waals surface area contributed by atoms with Gasteiger partial charge in [0.05, 0.1) is 0 Å². The molecule has 0 bridgehead atoms. The van der Waals surface area contributed by atoms with Crippen molar-refractivity contribution in [2.45, 2.75) is 32.7 Å². The summed E-state index contributed by atoms with van der Waals surface area (Å²) in [6.07, 6.45) is 3.66. The topological polar surface area (TPSA) is 56.7 Å². The quantitative estimate of drug-likeness (QED) is 0.771. The second kappa shape index (κ2) is 3.05. The monoisotopic (exact) mass is 194 g/mol. The zero-order valence-electron chi connectivity index (χ0n) is 9.07. The zero-order chi connectivity index (χ0) is 10.3. The van der Waals surface area contributed by atoms with Crippen LogP contribution in [0.25, 0.3) is 0 Å². The number of hydrogen-bond donors (Lipinski definition) is 1. The molecule has 4 heteroatoms. The van der Waals surface area contributed by atoms with Gasteiger partial charge in [0.15, 0.2) is 0 Å². The fourth-order valence-corrected chi connectivity index (χ4v) is 2.10. The molecule has 0 aliphatic heterocycles. The molecule has 0 saturated heterocycles. The van der Waals surface area contributed by atoms with Crippen LogP contribution in [0.5, 0.6) is 0 Å². The van der Waals surface area contributed by atoms with Crippen molar-refractivity contribution >= 4 is 0 Å². The molecule has 2 atom stereocenters. The highest BCUT2D eigenvalue weighted by molar-refractivity contribution is 5.03. The van der Waals surface area contributed by atoms with E-state index >= 15 is 0 Å². The highest BCUT2D eigenvalue weighted by atomic mass is 15.3. The molecule has 4 nitrogen and oxygen atoms in total. The van der Waals surface area contributed by atoms with Crippen LogP contribution in [-0.4, -0.2) is 20.8 Å². The lowest BCUT2D eigenvalue weighted by molar-refractivity contribution is 0.464. The summed E-state index contributed by atoms with van der Waals surface area (Å²) in [5.74, 6) is 1.64. The van der Waals surface area contributed by atoms with Gasteiger partial charge in [-0.2, -0.15) is 5.10 Å². The van der Waals surface area contributed by atoms with E-state index in [1.165, 1.54) is 6.42 Å². The molecule has 1 fully saturated rings. The van der Waals surface area contributed by atoms with Gasteiger partial charge in [-0.15, -0.1) is 0 Å². The molecule has 14 heavy (non-hydrogen) atoms. The Bertz CT molecular complexity index is 329. The second-order valence-corrected chi connectivity index (χ2v) is 4.97. The molecule has 0 spiro atoms. The zero-order valence-corrected chi connectivity index (χ0v) is 9.07. The van der Waals surface area contributed by atoms with Gasteiger partial charge in [0.2, 0.25) is 0 Å². The predicted octanol–water partition coefficient (Wildman–Crippen LogP) is 0.731. The van der Waals surface area contributed by atoms with Gasteiger partial charge in [-0.25, -0.2) is 4.98 Å². The van der Waals surface area contributed by atoms with Crippen molar-refractivity contribution in [2.75, 3.05) is 0 Å². The normalized spacial score (nSPS) is 26.1. The van der Waals surface area contributed by atoms with Crippen molar-refractivity contribution in [3.05, 3.63) is 12.2 Å². The minimum atomic E-state index is 0.230. The summed E-state index contributed by atoms with van der Waals surface area (Å²) in [7, 11) is 1.91. The molecule has 2 rings (SSSR count). The van der Waals surface area contributed by atoms with Crippen LogP contribution in [0.2, 0.25) is 0 Å². The standard InChI is InChI=1S/C10H18N4/c1-10(2)5-7(10)8(11)4-9-12-6-13-14(9)3/h6-8H,4-5,11H2,1-3H3. The summed E-state index contributed by atoms with van der Waals surface area (Å²) in [6.45, 7) is 4.54. The molecule has 1 heterocycles. The van der Waals surface area contributed by atoms with Crippen molar-refractivity contribution < 1.29 is 0 Å². The van der Waals surface area contributed by atoms with Gasteiger partial charge in [-0.3, -0.25) is 4.68 Å². The lowest BCUT2D eigenvalue weighted by atomic mass is 10.0. The molecular weight excluding hydrogens is 176 g/mol. The third-order valence-electron chi connectivity index (χ3n) is 3.33. The van der Waals surface area contributed by atoms with Crippen LogP contribution < -0.4 is 5.73 Å². The van der Waals surface area contributed by atoms with Gasteiger partial charge in [-0.1, -0.05) is 13.8 Å². The predicted molar refractivity (Wildman–Crippen MR) is 54.6 cm³/mol. The van der Waals surface area contributed by atoms with E-state index in [0.717, 1.165) is 12.2 Å². The van der Waals surface area contributed by atoms with Crippen molar-refractivity contribution in [1.29, 1.82) is 0 Å². The molecule has 78 valence electrons. The SMILES string of the molecule is Cn1ncnc1CC(N)C1CC1(C)C. The summed E-state index contributed by atoms with van der Waals surface area (Å²) in [5.41, 5.74) is 6.58. The maximum atomic E-state index is 6.13. The second-order valence-electron chi connectivity index (χ2n) is 4.97. The minimum absolute atomic E-state index is 0.230. The molecule has 1 aromatic rings. The Morgan fingerprint density at radius 3 is 2.79 bits per heavy atom. The number of nitrogens with zero attached hydrogens (tertiary/aromatic N) is 3. The lowest BCUT2D eigenvalue weighted by Crippen LogP contribution is -2.28. The van der Waals surface area contributed by atoms with Crippen LogP contribution in [0.1, 0.15) is 26.1 Å². The Labute approximate surface area is 84.5 Å². The van der Waals surface area contributed by atoms with Gasteiger partial charge < -0.3 is 5.73 Å². The Hall–Kier alpha value is -0.900. The summed E-state index contributed by atoms with van der Waals surface area (Å²) in [4.78, 5) is 4.19. The Balaban J connectivity index is 1.96. The molecule has 0 aromatic carbocycles. The van der Waals surface area contributed by atoms with Gasteiger partial charge in [0.1, 0.15) is 12.2 Å². The smallest absolute Gasteiger partial charge is 0.138 e. The average molecular weight is 194 g/mol. The molecule has 2 unspecified atom stereocenters. The van der Waals surface area contributed by atoms with Crippen LogP contribution in [0.4, 0.5) is 0 Å². The highest BCUT2D eigenvalue weighted by Crippen LogP contribution is 2.53. The average Bonchev–Trinajstić information content (AvgIpc) is 2.54. The summed E-state index contributed by atoms with van der Waals surface area (Å²) < 4.78 is 1.80. The molecule has 1 aliphatic rings. The summed E-state index contributed by atoms with van der Waals surface area (Å²) in [5, 5.41) is 4.04. The number of aromatic nitrogens is 3. The molecule has 1 aliphatic carbocycles. The Morgan fingerprint density at radius 1 is 1.71 bits per heavy atom. The van der Waals surface area contributed by atoms with Crippen molar-refractivity contribution in [3.8, 4) is 0 Å². The fraction of sp³-hybridized carbons (Fsp3) is 0.800. The Kier molecular flexibility index (Phi) is 2.10. The van der Waals surface area contributed by atoms with E-state index in [-0.39, 0.29) is 6.04 Å². The first-order valence-corrected chi connectivity index (χ1v) is 5.09. The van der Waals surface area contributed by atoms with Crippen LogP contribution in [0.3, 0.4) is 0 Å². The molecule has 1 saturated carbocycles. The Morgan fingerprint density at radius 2 is 2.36 bits per heavy atom. The first-order valence-electron chi connectivity index (χ1n) is 5.09. The number of rotatable bonds is 3. The van der Waals surface area contributed by atoms with E-state index in [9.17, 15) is 0 Å². The summed E-state index contributed by atoms with van der Waals surface area (Å²) in [6, 6.07) is 0.230. The van der Waals surface area contributed by atoms with Gasteiger partial charge in [-0.05, 0) is 17.8 Å². The largest absolute Gasteiger partial charge is 0.327 e. The van der Waals surface area contributed by atoms with Crippen molar-refractivity contribution in [2.24, 2.45) is 24.1 Å². The van der Waals surface area contributed by atoms with Crippen LogP contribution in [0, 0.1) is 11.3 Å². The number of aryl methyl sites for hydroxylation is 1. The van der Waals surface area contributed by atoms with E-state index in [2.05, 4.69) is 23.9 Å². The maximum Gasteiger partial charge on any atom is 0.138 e. The van der Waals surface area contributed by atoms with E-state index in [4.69, 9.17) is 5.73 Å². The third-order valence-corrected chi connectivity index (χ3v) is 3.33. The minimum Gasteiger partial charge on any atom is -0.327 e. The lowest BCUT2D eigenvalue weighted by Gasteiger charge is -2.12. The number of nitrogens with two attached hydrogens (primary N) is 1. The van der Waals surface area contributed by atoms with Crippen molar-refractivity contribution in [1.82, 2.24) is 14.8 Å². The van der Waals surface area contributed by atoms with Crippen LogP contribution >= 0.6 is 0 Å². The fourth-order valence-electron chi connectivity index (χ4n) is 2.10. The molecule has 2 N–H and O–H groups in total. The molecule has 0 amide bonds. The van der Waals surface area contributed by atoms with Gasteiger partial charge in [0.25, 0.3) is 0 Å². The summed E-state index contributed by atoms with van der Waals surface area (Å²) >= 11 is 0. The highest BCUT2D eigenvalue weighted by Gasteiger charge is 2.48. The van der Waals surface area contributed by atoms with Crippen LogP contribution in [0.15, 0.2) is 6.33 Å². The van der Waals surface area contributed by atoms with E-state index in [0.29, 0.717) is 11.3 Å². The van der Waals surface area contributed by atoms with Gasteiger partial charge in [0, 0.05) is 19.5 Å². The molecule has 1 aromatic heterocycles. The van der Waals surface area contributed by atoms with E-state index < -0.39 is 0 Å². The van der Waals surface area contributed by atoms with Crippen molar-refractivity contribution in [3.63, 3.8) is 0 Å². The first kappa shape index (κ1) is 9.65. The first-order chi connectivity index (χ1) is 6.50. The molecular formula is C10H18N4. The maximum absolute atomic E-state index is 6.13. The third kappa shape index (κ3) is 1.66. The van der Waals surface area contributed by atoms with Gasteiger partial charge >= 0.3 is 0 Å². The van der Waals surface area contributed by atoms with Crippen LogP contribution in [-0.2, 0) is 13.5 Å². The molecule has 0 radical (unpaired) electrons. The van der Waals surface area contributed by atoms with E-state index in [1.54, 1.807) is 11.0 Å².